The number of carbonyl (C=O) groups is 1. The minimum Gasteiger partial charge on any atom is -0.291 e. The maximum atomic E-state index is 12.9. The van der Waals surface area contributed by atoms with Crippen LogP contribution < -0.4 is 0 Å². The van der Waals surface area contributed by atoms with Crippen LogP contribution in [-0.4, -0.2) is 20.5 Å². The molecule has 2 heterocycles. The van der Waals surface area contributed by atoms with Gasteiger partial charge in [-0.05, 0) is 51.8 Å². The summed E-state index contributed by atoms with van der Waals surface area (Å²) in [5.41, 5.74) is 2.75. The quantitative estimate of drug-likeness (QED) is 0.758. The molecule has 0 spiro atoms. The first-order valence-corrected chi connectivity index (χ1v) is 7.03. The van der Waals surface area contributed by atoms with Crippen LogP contribution in [0.5, 0.6) is 0 Å². The summed E-state index contributed by atoms with van der Waals surface area (Å²) in [4.78, 5) is 17.1. The highest BCUT2D eigenvalue weighted by Gasteiger charge is 2.42. The average molecular weight is 290 g/mol. The number of pyridine rings is 1. The zero-order chi connectivity index (χ0) is 14.5. The molecule has 1 aliphatic carbocycles. The van der Waals surface area contributed by atoms with Gasteiger partial charge in [0.2, 0.25) is 0 Å². The summed E-state index contributed by atoms with van der Waals surface area (Å²) in [5.74, 6) is 0.0640. The summed E-state index contributed by atoms with van der Waals surface area (Å²) < 4.78 is 1.85. The molecule has 0 bridgehead atoms. The molecule has 0 aromatic carbocycles. The summed E-state index contributed by atoms with van der Waals surface area (Å²) in [6.07, 6.45) is 1.42. The lowest BCUT2D eigenvalue weighted by Crippen LogP contribution is -2.44. The molecule has 20 heavy (non-hydrogen) atoms. The third kappa shape index (κ3) is 1.86. The smallest absolute Gasteiger partial charge is 0.191 e. The van der Waals surface area contributed by atoms with Crippen LogP contribution in [0, 0.1) is 13.8 Å². The van der Waals surface area contributed by atoms with Gasteiger partial charge in [-0.3, -0.25) is 9.48 Å². The molecule has 2 aromatic rings. The first-order chi connectivity index (χ1) is 9.41. The fraction of sp³-hybridized carbons (Fsp3) is 0.400. The van der Waals surface area contributed by atoms with E-state index in [9.17, 15) is 4.79 Å². The molecule has 0 amide bonds. The number of nitrogens with zero attached hydrogens (tertiary/aromatic N) is 3. The number of aromatic nitrogens is 3. The Kier molecular flexibility index (Phi) is 2.94. The van der Waals surface area contributed by atoms with Gasteiger partial charge in [-0.1, -0.05) is 11.6 Å². The van der Waals surface area contributed by atoms with Gasteiger partial charge in [-0.15, -0.1) is 0 Å². The van der Waals surface area contributed by atoms with Crippen molar-refractivity contribution in [3.05, 3.63) is 46.0 Å². The van der Waals surface area contributed by atoms with E-state index in [2.05, 4.69) is 10.1 Å². The van der Waals surface area contributed by atoms with Gasteiger partial charge in [0, 0.05) is 11.3 Å². The molecule has 1 aliphatic rings. The van der Waals surface area contributed by atoms with E-state index in [-0.39, 0.29) is 5.78 Å². The van der Waals surface area contributed by atoms with Gasteiger partial charge in [-0.25, -0.2) is 4.98 Å². The van der Waals surface area contributed by atoms with Crippen LogP contribution in [-0.2, 0) is 12.0 Å². The van der Waals surface area contributed by atoms with Crippen LogP contribution in [0.4, 0.5) is 0 Å². The normalized spacial score (nSPS) is 21.9. The van der Waals surface area contributed by atoms with Crippen molar-refractivity contribution >= 4 is 17.4 Å². The van der Waals surface area contributed by atoms with E-state index in [4.69, 9.17) is 11.6 Å². The van der Waals surface area contributed by atoms with E-state index in [0.29, 0.717) is 17.1 Å². The predicted molar refractivity (Wildman–Crippen MR) is 77.2 cm³/mol. The van der Waals surface area contributed by atoms with Crippen molar-refractivity contribution < 1.29 is 4.79 Å². The summed E-state index contributed by atoms with van der Waals surface area (Å²) >= 11 is 5.90. The molecule has 0 N–H and O–H groups in total. The second-order valence-electron chi connectivity index (χ2n) is 5.57. The first-order valence-electron chi connectivity index (χ1n) is 6.66. The monoisotopic (exact) mass is 289 g/mol. The number of Topliss-reactive ketones (excluding diaryl/α,β-unsaturated/α-hetero) is 1. The molecule has 0 aliphatic heterocycles. The lowest BCUT2D eigenvalue weighted by Gasteiger charge is -2.34. The number of fused-ring (bicyclic) bond motifs is 1. The summed E-state index contributed by atoms with van der Waals surface area (Å²) in [5, 5.41) is 4.93. The molecule has 3 rings (SSSR count). The minimum absolute atomic E-state index is 0.0640. The van der Waals surface area contributed by atoms with E-state index in [1.165, 1.54) is 0 Å². The number of hydrogen-bond donors (Lipinski definition) is 0. The van der Waals surface area contributed by atoms with Crippen LogP contribution >= 0.6 is 11.6 Å². The van der Waals surface area contributed by atoms with Gasteiger partial charge in [0.25, 0.3) is 0 Å². The van der Waals surface area contributed by atoms with Crippen molar-refractivity contribution in [3.63, 3.8) is 0 Å². The van der Waals surface area contributed by atoms with Crippen molar-refractivity contribution in [1.29, 1.82) is 0 Å². The highest BCUT2D eigenvalue weighted by atomic mass is 35.5. The van der Waals surface area contributed by atoms with Crippen molar-refractivity contribution in [1.82, 2.24) is 14.8 Å². The predicted octanol–water partition coefficient (Wildman–Crippen LogP) is 3.09. The topological polar surface area (TPSA) is 47.8 Å². The van der Waals surface area contributed by atoms with Gasteiger partial charge >= 0.3 is 0 Å². The number of hydrogen-bond acceptors (Lipinski definition) is 3. The largest absolute Gasteiger partial charge is 0.291 e. The zero-order valence-corrected chi connectivity index (χ0v) is 12.5. The third-order valence-electron chi connectivity index (χ3n) is 4.00. The number of ketones is 1. The third-order valence-corrected chi connectivity index (χ3v) is 4.21. The molecule has 2 aromatic heterocycles. The summed E-state index contributed by atoms with van der Waals surface area (Å²) in [6.45, 7) is 5.87. The van der Waals surface area contributed by atoms with Crippen LogP contribution in [0.3, 0.4) is 0 Å². The lowest BCUT2D eigenvalue weighted by atomic mass is 9.80. The maximum Gasteiger partial charge on any atom is 0.191 e. The van der Waals surface area contributed by atoms with Gasteiger partial charge < -0.3 is 0 Å². The maximum absolute atomic E-state index is 12.9. The van der Waals surface area contributed by atoms with Gasteiger partial charge in [0.05, 0.1) is 11.4 Å². The van der Waals surface area contributed by atoms with Crippen LogP contribution in [0.25, 0.3) is 0 Å². The van der Waals surface area contributed by atoms with Crippen LogP contribution in [0.15, 0.2) is 18.2 Å². The second kappa shape index (κ2) is 4.42. The fourth-order valence-corrected chi connectivity index (χ4v) is 3.13. The van der Waals surface area contributed by atoms with Gasteiger partial charge in [-0.2, -0.15) is 5.10 Å². The molecule has 5 heteroatoms. The Morgan fingerprint density at radius 1 is 1.35 bits per heavy atom. The van der Waals surface area contributed by atoms with Crippen molar-refractivity contribution in [3.8, 4) is 0 Å². The molecular weight excluding hydrogens is 274 g/mol. The summed E-state index contributed by atoms with van der Waals surface area (Å²) in [6, 6.07) is 5.44. The Labute approximate surface area is 122 Å². The fourth-order valence-electron chi connectivity index (χ4n) is 2.97. The SMILES string of the molecule is Cc1cc(C)n(C2(C)CCc3nc(Cl)ccc3C2=O)n1. The summed E-state index contributed by atoms with van der Waals surface area (Å²) in [7, 11) is 0. The molecule has 1 unspecified atom stereocenters. The number of rotatable bonds is 1. The molecule has 0 saturated carbocycles. The molecule has 0 saturated heterocycles. The number of halogens is 1. The van der Waals surface area contributed by atoms with Crippen LogP contribution in [0.1, 0.15) is 40.8 Å². The highest BCUT2D eigenvalue weighted by Crippen LogP contribution is 2.34. The molecule has 0 fully saturated rings. The van der Waals surface area contributed by atoms with Crippen molar-refractivity contribution in [2.24, 2.45) is 0 Å². The Morgan fingerprint density at radius 2 is 2.10 bits per heavy atom. The second-order valence-corrected chi connectivity index (χ2v) is 5.96. The van der Waals surface area contributed by atoms with E-state index >= 15 is 0 Å². The zero-order valence-electron chi connectivity index (χ0n) is 11.8. The van der Waals surface area contributed by atoms with Gasteiger partial charge in [0.1, 0.15) is 10.7 Å². The Hall–Kier alpha value is -1.68. The van der Waals surface area contributed by atoms with E-state index in [0.717, 1.165) is 23.5 Å². The van der Waals surface area contributed by atoms with Gasteiger partial charge in [0.15, 0.2) is 5.78 Å². The van der Waals surface area contributed by atoms with Crippen molar-refractivity contribution in [2.45, 2.75) is 39.2 Å². The standard InChI is InChI=1S/C15H16ClN3O/c1-9-8-10(2)19(18-9)15(3)7-6-12-11(14(15)20)4-5-13(16)17-12/h4-5,8H,6-7H2,1-3H3. The van der Waals surface area contributed by atoms with Crippen molar-refractivity contribution in [2.75, 3.05) is 0 Å². The molecule has 1 atom stereocenters. The molecule has 4 nitrogen and oxygen atoms in total. The first kappa shape index (κ1) is 13.3. The number of aryl methyl sites for hydroxylation is 3. The Bertz CT molecular complexity index is 707. The Morgan fingerprint density at radius 3 is 2.75 bits per heavy atom. The Balaban J connectivity index is 2.11. The lowest BCUT2D eigenvalue weighted by molar-refractivity contribution is 0.0773. The van der Waals surface area contributed by atoms with E-state index < -0.39 is 5.54 Å². The minimum atomic E-state index is -0.638. The molecule has 0 radical (unpaired) electrons. The van der Waals surface area contributed by atoms with E-state index in [1.54, 1.807) is 12.1 Å². The average Bonchev–Trinajstić information content (AvgIpc) is 2.74. The van der Waals surface area contributed by atoms with Crippen LogP contribution in [0.2, 0.25) is 5.15 Å². The van der Waals surface area contributed by atoms with E-state index in [1.807, 2.05) is 31.5 Å². The highest BCUT2D eigenvalue weighted by molar-refractivity contribution is 6.29. The molecular formula is C15H16ClN3O. The number of carbonyl (C=O) groups excluding carboxylic acids is 1. The molecule has 104 valence electrons.